The number of nitrogens with zero attached hydrogens (tertiary/aromatic N) is 6. The maximum Gasteiger partial charge on any atom is 0.352 e. The number of benzene rings is 2. The molecule has 3 N–H and O–H groups in total. The lowest BCUT2D eigenvalue weighted by Gasteiger charge is -2.49. The highest BCUT2D eigenvalue weighted by atomic mass is 35.5. The molecule has 48 heavy (non-hydrogen) atoms. The number of anilines is 1. The summed E-state index contributed by atoms with van der Waals surface area (Å²) >= 11 is 20.8. The van der Waals surface area contributed by atoms with Crippen LogP contribution in [-0.2, 0) is 32.1 Å². The Morgan fingerprint density at radius 1 is 1.04 bits per heavy atom. The monoisotopic (exact) mass is 750 g/mol. The van der Waals surface area contributed by atoms with Crippen LogP contribution in [-0.4, -0.2) is 82.7 Å². The van der Waals surface area contributed by atoms with Gasteiger partial charge in [-0.05, 0) is 40.8 Å². The number of carboxylic acid groups (broad SMARTS) is 1. The van der Waals surface area contributed by atoms with Gasteiger partial charge in [-0.25, -0.2) is 14.5 Å². The van der Waals surface area contributed by atoms with Crippen molar-refractivity contribution in [2.24, 2.45) is 0 Å². The summed E-state index contributed by atoms with van der Waals surface area (Å²) in [6.07, 6.45) is 1.13. The summed E-state index contributed by atoms with van der Waals surface area (Å²) in [6.45, 7) is -0.302. The SMILES string of the molecule is O=C(Cn1cnnn1)Nc1nc(CC(=O)N[C@@H]2C(=O)N3C(C(=O)O)=C(COc4cc(Cl)ccc4Oc4ccc(Cl)cc4Cl)CS[C@H]23)cs1. The maximum absolute atomic E-state index is 13.2. The Kier molecular flexibility index (Phi) is 10.0. The second-order valence-corrected chi connectivity index (χ2v) is 13.4. The van der Waals surface area contributed by atoms with E-state index in [0.29, 0.717) is 27.1 Å². The molecule has 1 saturated heterocycles. The van der Waals surface area contributed by atoms with Crippen molar-refractivity contribution in [1.82, 2.24) is 35.4 Å². The molecule has 248 valence electrons. The molecule has 3 amide bonds. The van der Waals surface area contributed by atoms with Crippen LogP contribution < -0.4 is 20.1 Å². The number of rotatable bonds is 12. The molecule has 4 heterocycles. The molecule has 0 bridgehead atoms. The number of carbonyl (C=O) groups is 4. The van der Waals surface area contributed by atoms with Crippen LogP contribution in [0.25, 0.3) is 0 Å². The Hall–Kier alpha value is -4.42. The Morgan fingerprint density at radius 3 is 2.54 bits per heavy atom. The molecule has 6 rings (SSSR count). The normalized spacial score (nSPS) is 17.0. The smallest absolute Gasteiger partial charge is 0.352 e. The van der Waals surface area contributed by atoms with Gasteiger partial charge in [0.25, 0.3) is 5.91 Å². The lowest BCUT2D eigenvalue weighted by molar-refractivity contribution is -0.150. The average Bonchev–Trinajstić information content (AvgIpc) is 3.72. The summed E-state index contributed by atoms with van der Waals surface area (Å²) in [6, 6.07) is 8.46. The van der Waals surface area contributed by atoms with Crippen LogP contribution in [0.15, 0.2) is 59.4 Å². The number of carboxylic acids is 1. The molecule has 2 aliphatic rings. The topological polar surface area (TPSA) is 191 Å². The Labute approximate surface area is 294 Å². The fourth-order valence-electron chi connectivity index (χ4n) is 4.71. The lowest BCUT2D eigenvalue weighted by atomic mass is 10.0. The highest BCUT2D eigenvalue weighted by Crippen LogP contribution is 2.42. The molecular formula is C28H21Cl3N8O7S2. The van der Waals surface area contributed by atoms with E-state index in [0.717, 1.165) is 16.2 Å². The van der Waals surface area contributed by atoms with Gasteiger partial charge >= 0.3 is 5.97 Å². The zero-order valence-corrected chi connectivity index (χ0v) is 28.0. The van der Waals surface area contributed by atoms with Crippen LogP contribution >= 0.6 is 57.9 Å². The van der Waals surface area contributed by atoms with Gasteiger partial charge < -0.3 is 25.2 Å². The first-order chi connectivity index (χ1) is 23.0. The van der Waals surface area contributed by atoms with Gasteiger partial charge in [0, 0.05) is 32.8 Å². The van der Waals surface area contributed by atoms with E-state index in [1.54, 1.807) is 29.6 Å². The summed E-state index contributed by atoms with van der Waals surface area (Å²) in [5.41, 5.74) is 0.499. The van der Waals surface area contributed by atoms with Crippen molar-refractivity contribution in [1.29, 1.82) is 0 Å². The number of nitrogens with one attached hydrogen (secondary N) is 2. The van der Waals surface area contributed by atoms with Crippen molar-refractivity contribution in [2.75, 3.05) is 17.7 Å². The summed E-state index contributed by atoms with van der Waals surface area (Å²) in [4.78, 5) is 55.9. The van der Waals surface area contributed by atoms with Crippen LogP contribution in [0.1, 0.15) is 5.69 Å². The highest BCUT2D eigenvalue weighted by molar-refractivity contribution is 8.00. The van der Waals surface area contributed by atoms with Crippen LogP contribution in [0.3, 0.4) is 0 Å². The minimum atomic E-state index is -1.32. The number of aliphatic carboxylic acids is 1. The molecule has 1 fully saturated rings. The molecule has 0 radical (unpaired) electrons. The number of thiazole rings is 1. The van der Waals surface area contributed by atoms with Crippen LogP contribution in [0.5, 0.6) is 17.2 Å². The predicted octanol–water partition coefficient (Wildman–Crippen LogP) is 3.88. The van der Waals surface area contributed by atoms with Gasteiger partial charge in [0.1, 0.15) is 42.3 Å². The van der Waals surface area contributed by atoms with Gasteiger partial charge in [-0.3, -0.25) is 19.3 Å². The third kappa shape index (κ3) is 7.50. The molecule has 4 aromatic rings. The van der Waals surface area contributed by atoms with E-state index in [-0.39, 0.29) is 52.7 Å². The van der Waals surface area contributed by atoms with Crippen LogP contribution in [0, 0.1) is 0 Å². The van der Waals surface area contributed by atoms with E-state index < -0.39 is 35.1 Å². The molecule has 2 atom stereocenters. The number of tetrazole rings is 1. The molecule has 0 spiro atoms. The van der Waals surface area contributed by atoms with Crippen molar-refractivity contribution in [3.05, 3.63) is 80.1 Å². The standard InChI is InChI=1S/C28H21Cl3N8O7S2/c29-14-1-3-18(17(31)5-14)46-19-4-2-15(30)6-20(19)45-9-13-10-47-26-23(25(42)39(26)24(13)27(43)44)34-21(40)7-16-11-48-28(33-16)35-22(41)8-38-12-32-36-37-38/h1-6,11-12,23,26H,7-10H2,(H,34,40)(H,43,44)(H,33,35,41)/t23-,26-/m1/s1. The van der Waals surface area contributed by atoms with Gasteiger partial charge in [-0.15, -0.1) is 28.2 Å². The fraction of sp³-hybridized carbons (Fsp3) is 0.214. The number of fused-ring (bicyclic) bond motifs is 1. The molecule has 0 aliphatic carbocycles. The second-order valence-electron chi connectivity index (χ2n) is 10.1. The number of hydrogen-bond donors (Lipinski definition) is 3. The maximum atomic E-state index is 13.2. The predicted molar refractivity (Wildman–Crippen MR) is 175 cm³/mol. The van der Waals surface area contributed by atoms with Gasteiger partial charge in [-0.2, -0.15) is 0 Å². The molecule has 2 aromatic carbocycles. The number of hydrogen-bond acceptors (Lipinski definition) is 12. The second kappa shape index (κ2) is 14.4. The fourth-order valence-corrected chi connectivity index (χ4v) is 7.37. The molecule has 15 nitrogen and oxygen atoms in total. The summed E-state index contributed by atoms with van der Waals surface area (Å²) in [5, 5.41) is 28.2. The van der Waals surface area contributed by atoms with Gasteiger partial charge in [-0.1, -0.05) is 34.8 Å². The van der Waals surface area contributed by atoms with E-state index >= 15 is 0 Å². The van der Waals surface area contributed by atoms with Gasteiger partial charge in [0.05, 0.1) is 17.1 Å². The van der Waals surface area contributed by atoms with E-state index in [4.69, 9.17) is 44.3 Å². The van der Waals surface area contributed by atoms with Gasteiger partial charge in [0.2, 0.25) is 11.8 Å². The minimum absolute atomic E-state index is 0.113. The van der Waals surface area contributed by atoms with Crippen molar-refractivity contribution < 1.29 is 33.8 Å². The zero-order chi connectivity index (χ0) is 33.9. The third-order valence-corrected chi connectivity index (χ3v) is 9.74. The van der Waals surface area contributed by atoms with Gasteiger partial charge in [0.15, 0.2) is 16.6 Å². The summed E-state index contributed by atoms with van der Waals surface area (Å²) in [5.74, 6) is -1.78. The van der Waals surface area contributed by atoms with Crippen molar-refractivity contribution in [3.8, 4) is 17.2 Å². The van der Waals surface area contributed by atoms with E-state index in [1.165, 1.54) is 34.9 Å². The van der Waals surface area contributed by atoms with E-state index in [9.17, 15) is 24.3 Å². The number of amides is 3. The number of thioether (sulfide) groups is 1. The Bertz CT molecular complexity index is 1940. The van der Waals surface area contributed by atoms with Crippen LogP contribution in [0.4, 0.5) is 5.13 Å². The Balaban J connectivity index is 1.07. The number of carbonyl (C=O) groups excluding carboxylic acids is 3. The van der Waals surface area contributed by atoms with Crippen molar-refractivity contribution in [3.63, 3.8) is 0 Å². The molecular weight excluding hydrogens is 731 g/mol. The Morgan fingerprint density at radius 2 is 1.81 bits per heavy atom. The molecule has 20 heteroatoms. The first-order valence-corrected chi connectivity index (χ1v) is 16.8. The third-order valence-electron chi connectivity index (χ3n) is 6.82. The molecule has 2 aromatic heterocycles. The highest BCUT2D eigenvalue weighted by Gasteiger charge is 2.54. The first-order valence-electron chi connectivity index (χ1n) is 13.8. The lowest BCUT2D eigenvalue weighted by Crippen LogP contribution is -2.70. The summed E-state index contributed by atoms with van der Waals surface area (Å²) in [7, 11) is 0. The first kappa shape index (κ1) is 33.5. The number of halogens is 3. The number of β-lactam (4-membered cyclic amide) rings is 1. The quantitative estimate of drug-likeness (QED) is 0.177. The summed E-state index contributed by atoms with van der Waals surface area (Å²) < 4.78 is 13.1. The molecule has 0 unspecified atom stereocenters. The van der Waals surface area contributed by atoms with Crippen molar-refractivity contribution in [2.45, 2.75) is 24.4 Å². The van der Waals surface area contributed by atoms with E-state index in [1.807, 2.05) is 0 Å². The number of aromatic nitrogens is 5. The largest absolute Gasteiger partial charge is 0.485 e. The van der Waals surface area contributed by atoms with E-state index in [2.05, 4.69) is 31.1 Å². The molecule has 2 aliphatic heterocycles. The number of ether oxygens (including phenoxy) is 2. The van der Waals surface area contributed by atoms with Crippen molar-refractivity contribution >= 4 is 86.7 Å². The average molecular weight is 752 g/mol. The minimum Gasteiger partial charge on any atom is -0.485 e. The molecule has 0 saturated carbocycles. The van der Waals surface area contributed by atoms with Crippen LogP contribution in [0.2, 0.25) is 15.1 Å². The zero-order valence-electron chi connectivity index (χ0n) is 24.1.